The fourth-order valence-electron chi connectivity index (χ4n) is 2.92. The molecule has 0 aliphatic heterocycles. The first-order valence-electron chi connectivity index (χ1n) is 10.3. The Bertz CT molecular complexity index is 875. The molecule has 0 aliphatic rings. The molecule has 0 bridgehead atoms. The minimum absolute atomic E-state index is 0.0571. The van der Waals surface area contributed by atoms with E-state index in [-0.39, 0.29) is 30.4 Å². The lowest BCUT2D eigenvalue weighted by atomic mass is 10.1. The van der Waals surface area contributed by atoms with Gasteiger partial charge < -0.3 is 15.4 Å². The van der Waals surface area contributed by atoms with Crippen LogP contribution in [0.15, 0.2) is 42.5 Å². The van der Waals surface area contributed by atoms with Gasteiger partial charge in [-0.15, -0.1) is 0 Å². The number of aryl methyl sites for hydroxylation is 1. The Hall–Kier alpha value is -3.15. The molecule has 30 heavy (non-hydrogen) atoms. The van der Waals surface area contributed by atoms with E-state index in [0.717, 1.165) is 30.6 Å². The number of carbonyl (C=O) groups excluding carboxylic acids is 3. The highest BCUT2D eigenvalue weighted by Crippen LogP contribution is 2.23. The lowest BCUT2D eigenvalue weighted by Crippen LogP contribution is -2.16. The number of amides is 2. The number of benzene rings is 2. The Labute approximate surface area is 178 Å². The van der Waals surface area contributed by atoms with E-state index in [2.05, 4.69) is 17.6 Å². The summed E-state index contributed by atoms with van der Waals surface area (Å²) in [6, 6.07) is 12.4. The second kappa shape index (κ2) is 11.8. The van der Waals surface area contributed by atoms with Crippen molar-refractivity contribution < 1.29 is 19.1 Å². The van der Waals surface area contributed by atoms with E-state index < -0.39 is 0 Å². The Morgan fingerprint density at radius 3 is 2.30 bits per heavy atom. The molecule has 160 valence electrons. The fourth-order valence-corrected chi connectivity index (χ4v) is 2.92. The number of ether oxygens (including phenoxy) is 1. The molecule has 2 aromatic carbocycles. The van der Waals surface area contributed by atoms with Crippen molar-refractivity contribution in [2.45, 2.75) is 52.9 Å². The average molecular weight is 411 g/mol. The Balaban J connectivity index is 1.87. The van der Waals surface area contributed by atoms with Crippen LogP contribution >= 0.6 is 0 Å². The maximum Gasteiger partial charge on any atom is 0.224 e. The molecule has 0 heterocycles. The van der Waals surface area contributed by atoms with Gasteiger partial charge in [-0.3, -0.25) is 14.4 Å². The zero-order valence-corrected chi connectivity index (χ0v) is 17.9. The van der Waals surface area contributed by atoms with E-state index in [0.29, 0.717) is 23.5 Å². The summed E-state index contributed by atoms with van der Waals surface area (Å²) in [7, 11) is 0. The predicted molar refractivity (Wildman–Crippen MR) is 119 cm³/mol. The number of hydrogen-bond acceptors (Lipinski definition) is 4. The molecule has 0 fully saturated rings. The summed E-state index contributed by atoms with van der Waals surface area (Å²) < 4.78 is 5.65. The number of nitrogens with one attached hydrogen (secondary N) is 2. The quantitative estimate of drug-likeness (QED) is 0.398. The summed E-state index contributed by atoms with van der Waals surface area (Å²) >= 11 is 0. The van der Waals surface area contributed by atoms with E-state index in [1.807, 2.05) is 13.0 Å². The number of carbonyl (C=O) groups is 3. The zero-order valence-electron chi connectivity index (χ0n) is 17.9. The van der Waals surface area contributed by atoms with Crippen LogP contribution in [0.5, 0.6) is 5.75 Å². The van der Waals surface area contributed by atoms with Gasteiger partial charge in [0.2, 0.25) is 11.8 Å². The Kier molecular flexibility index (Phi) is 9.06. The Morgan fingerprint density at radius 1 is 0.900 bits per heavy atom. The van der Waals surface area contributed by atoms with Gasteiger partial charge in [0.1, 0.15) is 5.75 Å². The minimum Gasteiger partial charge on any atom is -0.494 e. The van der Waals surface area contributed by atoms with E-state index in [1.54, 1.807) is 36.4 Å². The van der Waals surface area contributed by atoms with Crippen LogP contribution in [-0.4, -0.2) is 24.2 Å². The monoisotopic (exact) mass is 410 g/mol. The number of hydrogen-bond donors (Lipinski definition) is 2. The topological polar surface area (TPSA) is 84.5 Å². The van der Waals surface area contributed by atoms with Gasteiger partial charge in [0.05, 0.1) is 18.0 Å². The van der Waals surface area contributed by atoms with Crippen LogP contribution in [-0.2, 0) is 9.59 Å². The SMILES string of the molecule is CCCCCOc1ccc(C(=O)CCC(=O)Nc2cc(C)ccc2NC(C)=O)cc1. The highest BCUT2D eigenvalue weighted by Gasteiger charge is 2.12. The van der Waals surface area contributed by atoms with Gasteiger partial charge in [-0.2, -0.15) is 0 Å². The maximum atomic E-state index is 12.4. The van der Waals surface area contributed by atoms with Gasteiger partial charge in [0.25, 0.3) is 0 Å². The molecule has 0 aromatic heterocycles. The van der Waals surface area contributed by atoms with Crippen molar-refractivity contribution in [3.05, 3.63) is 53.6 Å². The predicted octanol–water partition coefficient (Wildman–Crippen LogP) is 5.12. The van der Waals surface area contributed by atoms with Crippen LogP contribution in [0.3, 0.4) is 0 Å². The molecule has 6 nitrogen and oxygen atoms in total. The number of unbranched alkanes of at least 4 members (excludes halogenated alkanes) is 2. The van der Waals surface area contributed by atoms with Crippen LogP contribution in [0.2, 0.25) is 0 Å². The smallest absolute Gasteiger partial charge is 0.224 e. The standard InChI is InChI=1S/C24H30N2O4/c1-4-5-6-15-30-20-10-8-19(9-11-20)23(28)13-14-24(29)26-22-16-17(2)7-12-21(22)25-18(3)27/h7-12,16H,4-6,13-15H2,1-3H3,(H,25,27)(H,26,29). The molecule has 0 spiro atoms. The summed E-state index contributed by atoms with van der Waals surface area (Å²) in [6.45, 7) is 6.11. The Morgan fingerprint density at radius 2 is 1.63 bits per heavy atom. The molecule has 0 atom stereocenters. The molecule has 0 unspecified atom stereocenters. The third-order valence-electron chi connectivity index (χ3n) is 4.53. The third-order valence-corrected chi connectivity index (χ3v) is 4.53. The third kappa shape index (κ3) is 7.70. The van der Waals surface area contributed by atoms with Crippen molar-refractivity contribution >= 4 is 29.0 Å². The number of anilines is 2. The van der Waals surface area contributed by atoms with Crippen LogP contribution in [0.1, 0.15) is 61.9 Å². The van der Waals surface area contributed by atoms with Crippen LogP contribution < -0.4 is 15.4 Å². The maximum absolute atomic E-state index is 12.4. The lowest BCUT2D eigenvalue weighted by molar-refractivity contribution is -0.116. The second-order valence-electron chi connectivity index (χ2n) is 7.28. The number of rotatable bonds is 11. The normalized spacial score (nSPS) is 10.4. The summed E-state index contributed by atoms with van der Waals surface area (Å²) in [6.07, 6.45) is 3.44. The molecule has 2 rings (SSSR count). The zero-order chi connectivity index (χ0) is 21.9. The van der Waals surface area contributed by atoms with Gasteiger partial charge in [0.15, 0.2) is 5.78 Å². The summed E-state index contributed by atoms with van der Waals surface area (Å²) in [5.74, 6) is 0.137. The lowest BCUT2D eigenvalue weighted by Gasteiger charge is -2.12. The van der Waals surface area contributed by atoms with Crippen LogP contribution in [0, 0.1) is 6.92 Å². The van der Waals surface area contributed by atoms with E-state index in [1.165, 1.54) is 6.92 Å². The average Bonchev–Trinajstić information content (AvgIpc) is 2.71. The molecule has 2 N–H and O–H groups in total. The molecule has 0 saturated carbocycles. The van der Waals surface area contributed by atoms with E-state index >= 15 is 0 Å². The molecule has 0 radical (unpaired) electrons. The molecule has 6 heteroatoms. The van der Waals surface area contributed by atoms with Gasteiger partial charge in [-0.1, -0.05) is 25.8 Å². The van der Waals surface area contributed by atoms with Crippen molar-refractivity contribution in [3.63, 3.8) is 0 Å². The van der Waals surface area contributed by atoms with Crippen molar-refractivity contribution in [1.29, 1.82) is 0 Å². The van der Waals surface area contributed by atoms with Crippen molar-refractivity contribution in [1.82, 2.24) is 0 Å². The highest BCUT2D eigenvalue weighted by molar-refractivity contribution is 6.02. The first-order valence-corrected chi connectivity index (χ1v) is 10.3. The van der Waals surface area contributed by atoms with Crippen LogP contribution in [0.4, 0.5) is 11.4 Å². The molecular weight excluding hydrogens is 380 g/mol. The van der Waals surface area contributed by atoms with Gasteiger partial charge in [-0.05, 0) is 55.3 Å². The summed E-state index contributed by atoms with van der Waals surface area (Å²) in [4.78, 5) is 36.1. The van der Waals surface area contributed by atoms with Crippen molar-refractivity contribution in [3.8, 4) is 5.75 Å². The fraction of sp³-hybridized carbons (Fsp3) is 0.375. The molecule has 2 amide bonds. The van der Waals surface area contributed by atoms with Gasteiger partial charge in [-0.25, -0.2) is 0 Å². The molecule has 0 aliphatic carbocycles. The summed E-state index contributed by atoms with van der Waals surface area (Å²) in [5.41, 5.74) is 2.56. The van der Waals surface area contributed by atoms with E-state index in [9.17, 15) is 14.4 Å². The largest absolute Gasteiger partial charge is 0.494 e. The van der Waals surface area contributed by atoms with Gasteiger partial charge >= 0.3 is 0 Å². The molecule has 2 aromatic rings. The highest BCUT2D eigenvalue weighted by atomic mass is 16.5. The molecule has 0 saturated heterocycles. The first-order chi connectivity index (χ1) is 14.4. The number of ketones is 1. The van der Waals surface area contributed by atoms with Gasteiger partial charge in [0, 0.05) is 25.3 Å². The first kappa shape index (κ1) is 23.1. The number of Topliss-reactive ketones (excluding diaryl/α,β-unsaturated/α-hetero) is 1. The van der Waals surface area contributed by atoms with E-state index in [4.69, 9.17) is 4.74 Å². The second-order valence-corrected chi connectivity index (χ2v) is 7.28. The van der Waals surface area contributed by atoms with Crippen LogP contribution in [0.25, 0.3) is 0 Å². The summed E-state index contributed by atoms with van der Waals surface area (Å²) in [5, 5.41) is 5.47. The van der Waals surface area contributed by atoms with Crippen molar-refractivity contribution in [2.24, 2.45) is 0 Å². The molecular formula is C24H30N2O4. The van der Waals surface area contributed by atoms with Crippen molar-refractivity contribution in [2.75, 3.05) is 17.2 Å². The minimum atomic E-state index is -0.281.